The Labute approximate surface area is 831 Å². The number of aromatic nitrogens is 11. The van der Waals surface area contributed by atoms with Gasteiger partial charge in [-0.2, -0.15) is 15.0 Å². The number of anilines is 2. The van der Waals surface area contributed by atoms with E-state index in [0.29, 0.717) is 166 Å². The number of fused-ring (bicyclic) bond motifs is 3. The Balaban J connectivity index is 0.000000189. The van der Waals surface area contributed by atoms with Gasteiger partial charge in [0.25, 0.3) is 0 Å². The summed E-state index contributed by atoms with van der Waals surface area (Å²) in [5.41, 5.74) is 56.8. The summed E-state index contributed by atoms with van der Waals surface area (Å²) in [7, 11) is 1.58. The van der Waals surface area contributed by atoms with Crippen molar-refractivity contribution in [2.75, 3.05) is 57.0 Å². The van der Waals surface area contributed by atoms with E-state index in [-0.39, 0.29) is 70.2 Å². The molecule has 0 unspecified atom stereocenters. The lowest BCUT2D eigenvalue weighted by Gasteiger charge is -2.20. The molecule has 14 rings (SSSR count). The summed E-state index contributed by atoms with van der Waals surface area (Å²) in [5, 5.41) is 16.2. The zero-order valence-corrected chi connectivity index (χ0v) is 82.7. The number of halogens is 6. The molecule has 0 bridgehead atoms. The second-order valence-corrected chi connectivity index (χ2v) is 37.2. The number of methoxy groups -OCH3 is 1. The van der Waals surface area contributed by atoms with Gasteiger partial charge in [-0.1, -0.05) is 132 Å². The zero-order chi connectivity index (χ0) is 101. The highest BCUT2D eigenvalue weighted by molar-refractivity contribution is 6.32. The molecule has 8 aromatic heterocycles. The van der Waals surface area contributed by atoms with Crippen LogP contribution in [0.1, 0.15) is 138 Å². The minimum absolute atomic E-state index is 0.00162. The number of aryl methyl sites for hydroxylation is 4. The fourth-order valence-electron chi connectivity index (χ4n) is 15.9. The summed E-state index contributed by atoms with van der Waals surface area (Å²) < 4.78 is 61.2. The van der Waals surface area contributed by atoms with Crippen LogP contribution in [-0.2, 0) is 43.7 Å². The van der Waals surface area contributed by atoms with Gasteiger partial charge >= 0.3 is 17.1 Å². The van der Waals surface area contributed by atoms with Crippen LogP contribution in [-0.4, -0.2) is 142 Å². The normalized spacial score (nSPS) is 12.0. The van der Waals surface area contributed by atoms with Crippen LogP contribution in [0.15, 0.2) is 217 Å². The van der Waals surface area contributed by atoms with Crippen LogP contribution in [0.25, 0.3) is 83.9 Å². The van der Waals surface area contributed by atoms with E-state index in [9.17, 15) is 14.4 Å². The number of hydrogen-bond donors (Lipinski definition) is 15. The third kappa shape index (κ3) is 30.9. The Bertz CT molecular complexity index is 6860. The number of nitrogens with zero attached hydrogens (tertiary/aromatic N) is 12. The summed E-state index contributed by atoms with van der Waals surface area (Å²) in [4.78, 5) is 85.9. The first-order valence-electron chi connectivity index (χ1n) is 47.0. The first kappa shape index (κ1) is 106. The SMILES string of the molecule is CC(C)CCCc1cc(Cl)c(F)c(-c2cc3cn(-c4ccc(CO[C@H](CCN=C(N)N)CN=C(N)N)cc4)c(=O)nc3[nH]2)c1.COc1ncccc1NC[C@@H](CCN=C(N)N)NCc1ccc(-n2cc3cc(-c4cc(CCCC(C)C)cc(Cl)c4F)[nH]c3nc2=O)cc1.Cc1ccncc1NC[C@@H](CCN=C(N)N)NCc1ccc(-n2cc3cc(-c4cc(CCCC(C)C)cc(Cl)c4F)[nH]c3nc2=O)cc1. The van der Waals surface area contributed by atoms with E-state index in [4.69, 9.17) is 90.1 Å². The highest BCUT2D eigenvalue weighted by atomic mass is 35.5. The highest BCUT2D eigenvalue weighted by Crippen LogP contribution is 2.36. The number of aliphatic imine (C=N–C) groups is 4. The average molecular weight is 1980 g/mol. The summed E-state index contributed by atoms with van der Waals surface area (Å²) in [6.07, 6.45) is 20.6. The lowest BCUT2D eigenvalue weighted by atomic mass is 10.00. The quantitative estimate of drug-likeness (QED) is 0.0124. The Morgan fingerprint density at radius 1 is 0.447 bits per heavy atom. The van der Waals surface area contributed by atoms with Gasteiger partial charge in [0, 0.05) is 122 Å². The smallest absolute Gasteiger partial charge is 0.354 e. The van der Waals surface area contributed by atoms with Crippen LogP contribution >= 0.6 is 34.8 Å². The molecule has 0 aliphatic heterocycles. The molecule has 14 aromatic rings. The molecule has 8 heterocycles. The van der Waals surface area contributed by atoms with Crippen LogP contribution in [0.4, 0.5) is 24.5 Å². The number of benzene rings is 6. The summed E-state index contributed by atoms with van der Waals surface area (Å²) in [6.45, 7) is 19.4. The molecule has 32 nitrogen and oxygen atoms in total. The molecule has 0 amide bonds. The number of nitrogens with two attached hydrogens (primary N) is 8. The largest absolute Gasteiger partial charge is 0.480 e. The van der Waals surface area contributed by atoms with Gasteiger partial charge in [0.2, 0.25) is 5.88 Å². The van der Waals surface area contributed by atoms with Crippen molar-refractivity contribution in [3.05, 3.63) is 286 Å². The number of pyridine rings is 2. The van der Waals surface area contributed by atoms with E-state index in [2.05, 4.69) is 123 Å². The van der Waals surface area contributed by atoms with Gasteiger partial charge in [0.1, 0.15) is 16.9 Å². The van der Waals surface area contributed by atoms with Crippen molar-refractivity contribution in [2.45, 2.75) is 163 Å². The van der Waals surface area contributed by atoms with Crippen LogP contribution in [0.3, 0.4) is 0 Å². The number of aromatic amines is 3. The van der Waals surface area contributed by atoms with E-state index in [1.807, 2.05) is 110 Å². The van der Waals surface area contributed by atoms with E-state index < -0.39 is 34.5 Å². The Kier molecular flexibility index (Phi) is 38.4. The van der Waals surface area contributed by atoms with Crippen LogP contribution in [0.2, 0.25) is 15.1 Å². The number of H-pyrrole nitrogens is 3. The van der Waals surface area contributed by atoms with Gasteiger partial charge in [-0.05, 0) is 231 Å². The van der Waals surface area contributed by atoms with Crippen molar-refractivity contribution in [3.63, 3.8) is 0 Å². The molecule has 0 saturated heterocycles. The molecule has 0 spiro atoms. The molecule has 0 aliphatic carbocycles. The minimum Gasteiger partial charge on any atom is -0.480 e. The molecule has 0 fully saturated rings. The number of rotatable bonds is 45. The number of guanidine groups is 4. The van der Waals surface area contributed by atoms with Gasteiger partial charge in [-0.15, -0.1) is 0 Å². The summed E-state index contributed by atoms with van der Waals surface area (Å²) in [6, 6.07) is 44.3. The molecule has 0 aliphatic rings. The Hall–Kier alpha value is -14.1. The minimum atomic E-state index is -0.518. The Morgan fingerprint density at radius 3 is 1.18 bits per heavy atom. The standard InChI is InChI=1S/C36H43ClFN9O2.C36H43ClFN9O.C31H39ClFN9O2/c1-22(2)6-4-7-24-16-28(32(38)29(37)17-24)31-18-25-21-47(36(48)46-33(25)45-31)27-11-9-23(10-12-27)19-43-26(13-15-42-35(39)40)20-44-30-8-5-14-41-34(30)49-3;1-22(2)5-4-6-25-15-29(33(38)30(37)16-25)31-17-26-21-47(36(48)46-34(26)45-31)28-9-7-24(8-10-28)18-43-27(12-14-42-35(39)40)19-44-32-20-41-13-11-23(32)3;1-18(2)4-3-5-20-12-24(27(33)25(32)13-20)26-14-21-16-42(31(43)41-28(21)40-26)22-8-6-19(7-9-22)17-44-23(15-39-30(36)37)10-11-38-29(34)35/h5,8-12,14,16-18,21-22,26,43-44H,4,6-7,13,15,19-20H2,1-3H3,(H4,39,40,42)(H,45,46,48);7-11,13,15-17,20-22,27,43-44H,4-6,12,14,18-19H2,1-3H3,(H4,39,40,42)(H,45,46,48);6-9,12-14,16,18,23H,3-5,10-11,15,17H2,1-2H3,(H4,34,35,38)(H4,36,37,39)(H,40,41,43)/t26-;27-;23-/m111/s1. The number of ether oxygens (including phenoxy) is 2. The van der Waals surface area contributed by atoms with E-state index >= 15 is 13.2 Å². The van der Waals surface area contributed by atoms with Gasteiger partial charge < -0.3 is 91.6 Å². The van der Waals surface area contributed by atoms with Gasteiger partial charge in [0.05, 0.1) is 93.1 Å². The lowest BCUT2D eigenvalue weighted by molar-refractivity contribution is 0.0429. The number of nitrogens with one attached hydrogen (secondary N) is 7. The molecule has 744 valence electrons. The Morgan fingerprint density at radius 2 is 0.816 bits per heavy atom. The molecule has 6 aromatic carbocycles. The fraction of sp³-hybridized carbons (Fsp3) is 0.340. The molecule has 0 saturated carbocycles. The fourth-order valence-corrected chi connectivity index (χ4v) is 16.7. The molecular formula is C103H125Cl3F3N27O5. The van der Waals surface area contributed by atoms with Crippen molar-refractivity contribution < 1.29 is 22.6 Å². The average Bonchev–Trinajstić information content (AvgIpc) is 1.64. The molecule has 38 heteroatoms. The topological polar surface area (TPSA) is 502 Å². The van der Waals surface area contributed by atoms with Crippen LogP contribution in [0.5, 0.6) is 5.88 Å². The van der Waals surface area contributed by atoms with Gasteiger partial charge in [-0.3, -0.25) is 38.7 Å². The van der Waals surface area contributed by atoms with Crippen molar-refractivity contribution in [3.8, 4) is 56.7 Å². The van der Waals surface area contributed by atoms with Crippen molar-refractivity contribution in [2.24, 2.45) is 83.6 Å². The predicted octanol–water partition coefficient (Wildman–Crippen LogP) is 15.9. The second-order valence-electron chi connectivity index (χ2n) is 36.0. The van der Waals surface area contributed by atoms with Crippen molar-refractivity contribution >= 4 is 103 Å². The zero-order valence-electron chi connectivity index (χ0n) is 80.4. The van der Waals surface area contributed by atoms with Gasteiger partial charge in [-0.25, -0.2) is 32.5 Å². The van der Waals surface area contributed by atoms with Crippen molar-refractivity contribution in [1.29, 1.82) is 0 Å². The molecular weight excluding hydrogens is 1860 g/mol. The molecule has 3 atom stereocenters. The summed E-state index contributed by atoms with van der Waals surface area (Å²) >= 11 is 18.8. The lowest BCUT2D eigenvalue weighted by Crippen LogP contribution is -2.36. The maximum absolute atomic E-state index is 15.2. The van der Waals surface area contributed by atoms with E-state index in [0.717, 1.165) is 115 Å². The predicted molar refractivity (Wildman–Crippen MR) is 563 cm³/mol. The molecule has 0 radical (unpaired) electrons. The van der Waals surface area contributed by atoms with Gasteiger partial charge in [0.15, 0.2) is 41.3 Å². The van der Waals surface area contributed by atoms with Crippen molar-refractivity contribution in [1.82, 2.24) is 64.2 Å². The molecule has 141 heavy (non-hydrogen) atoms. The third-order valence-electron chi connectivity index (χ3n) is 23.6. The van der Waals surface area contributed by atoms with Crippen LogP contribution < -0.4 is 88.9 Å². The second kappa shape index (κ2) is 51.2. The number of hydrogen-bond acceptors (Lipinski definition) is 18. The molecule has 23 N–H and O–H groups in total. The summed E-state index contributed by atoms with van der Waals surface area (Å²) in [5.74, 6) is 0.838. The third-order valence-corrected chi connectivity index (χ3v) is 24.4. The monoisotopic (exact) mass is 1980 g/mol. The first-order chi connectivity index (χ1) is 67.7. The van der Waals surface area contributed by atoms with E-state index in [1.54, 1.807) is 86.6 Å². The van der Waals surface area contributed by atoms with Crippen LogP contribution in [0, 0.1) is 42.1 Å². The maximum Gasteiger partial charge on any atom is 0.354 e. The first-order valence-corrected chi connectivity index (χ1v) is 48.1. The maximum atomic E-state index is 15.2. The van der Waals surface area contributed by atoms with E-state index in [1.165, 1.54) is 13.7 Å². The highest BCUT2D eigenvalue weighted by Gasteiger charge is 2.23.